The number of piperidine rings is 1. The lowest BCUT2D eigenvalue weighted by molar-refractivity contribution is 0.0931. The Morgan fingerprint density at radius 3 is 2.53 bits per heavy atom. The second-order valence-electron chi connectivity index (χ2n) is 9.50. The van der Waals surface area contributed by atoms with Crippen LogP contribution in [-0.4, -0.2) is 57.1 Å². The summed E-state index contributed by atoms with van der Waals surface area (Å²) in [5.41, 5.74) is 9.54. The predicted molar refractivity (Wildman–Crippen MR) is 134 cm³/mol. The molecule has 3 aromatic heterocycles. The molecular formula is C25H34N8O. The van der Waals surface area contributed by atoms with Crippen LogP contribution in [0.3, 0.4) is 0 Å². The lowest BCUT2D eigenvalue weighted by Gasteiger charge is -2.32. The number of pyridine rings is 1. The minimum Gasteiger partial charge on any atom is -0.381 e. The number of carbonyl (C=O) groups is 1. The number of aromatic amines is 1. The molecule has 3 aromatic rings. The maximum atomic E-state index is 13.4. The van der Waals surface area contributed by atoms with Crippen LogP contribution in [0, 0.1) is 0 Å². The number of nitrogens with one attached hydrogen (secondary N) is 3. The fourth-order valence-corrected chi connectivity index (χ4v) is 5.06. The minimum atomic E-state index is -0.0712. The molecule has 1 saturated heterocycles. The topological polar surface area (TPSA) is 125 Å². The number of anilines is 2. The summed E-state index contributed by atoms with van der Waals surface area (Å²) >= 11 is 0. The van der Waals surface area contributed by atoms with Gasteiger partial charge in [0, 0.05) is 60.9 Å². The Hall–Kier alpha value is -3.20. The first-order valence-electron chi connectivity index (χ1n) is 12.5. The van der Waals surface area contributed by atoms with E-state index in [0.717, 1.165) is 86.4 Å². The first-order valence-corrected chi connectivity index (χ1v) is 12.5. The van der Waals surface area contributed by atoms with Gasteiger partial charge in [-0.15, -0.1) is 0 Å². The largest absolute Gasteiger partial charge is 0.381 e. The SMILES string of the molecule is CCc1cc2c(NC3CCC(N)CC3)c(C(=O)NC3CCN(c4ncccn4)CC3)cnc2[nH]1. The molecule has 1 saturated carbocycles. The van der Waals surface area contributed by atoms with Gasteiger partial charge in [0.25, 0.3) is 5.91 Å². The van der Waals surface area contributed by atoms with Crippen molar-refractivity contribution in [2.75, 3.05) is 23.3 Å². The van der Waals surface area contributed by atoms with E-state index in [9.17, 15) is 4.79 Å². The number of rotatable bonds is 6. The number of amides is 1. The summed E-state index contributed by atoms with van der Waals surface area (Å²) in [5, 5.41) is 7.94. The van der Waals surface area contributed by atoms with Gasteiger partial charge in [-0.3, -0.25) is 4.79 Å². The molecule has 180 valence electrons. The van der Waals surface area contributed by atoms with Crippen molar-refractivity contribution in [3.8, 4) is 0 Å². The molecule has 5 rings (SSSR count). The number of aryl methyl sites for hydroxylation is 1. The molecule has 34 heavy (non-hydrogen) atoms. The smallest absolute Gasteiger partial charge is 0.255 e. The molecule has 2 fully saturated rings. The van der Waals surface area contributed by atoms with Crippen LogP contribution in [-0.2, 0) is 6.42 Å². The van der Waals surface area contributed by atoms with Crippen LogP contribution < -0.4 is 21.3 Å². The Labute approximate surface area is 199 Å². The summed E-state index contributed by atoms with van der Waals surface area (Å²) in [4.78, 5) is 32.3. The number of nitrogens with zero attached hydrogens (tertiary/aromatic N) is 4. The summed E-state index contributed by atoms with van der Waals surface area (Å²) in [7, 11) is 0. The van der Waals surface area contributed by atoms with Crippen LogP contribution >= 0.6 is 0 Å². The number of fused-ring (bicyclic) bond motifs is 1. The second kappa shape index (κ2) is 9.97. The molecular weight excluding hydrogens is 428 g/mol. The number of carbonyl (C=O) groups excluding carboxylic acids is 1. The van der Waals surface area contributed by atoms with E-state index in [0.29, 0.717) is 11.6 Å². The number of aromatic nitrogens is 4. The average molecular weight is 463 g/mol. The minimum absolute atomic E-state index is 0.0712. The molecule has 0 unspecified atom stereocenters. The van der Waals surface area contributed by atoms with E-state index >= 15 is 0 Å². The summed E-state index contributed by atoms with van der Waals surface area (Å²) < 4.78 is 0. The first kappa shape index (κ1) is 22.6. The summed E-state index contributed by atoms with van der Waals surface area (Å²) in [6.07, 6.45) is 11.9. The van der Waals surface area contributed by atoms with Crippen LogP contribution in [0.15, 0.2) is 30.7 Å². The maximum Gasteiger partial charge on any atom is 0.255 e. The molecule has 0 atom stereocenters. The first-order chi connectivity index (χ1) is 16.6. The van der Waals surface area contributed by atoms with E-state index in [1.807, 2.05) is 6.07 Å². The predicted octanol–water partition coefficient (Wildman–Crippen LogP) is 3.00. The van der Waals surface area contributed by atoms with Gasteiger partial charge in [-0.05, 0) is 57.1 Å². The van der Waals surface area contributed by atoms with E-state index in [1.54, 1.807) is 18.6 Å². The number of hydrogen-bond acceptors (Lipinski definition) is 7. The number of hydrogen-bond donors (Lipinski definition) is 4. The highest BCUT2D eigenvalue weighted by atomic mass is 16.1. The van der Waals surface area contributed by atoms with Gasteiger partial charge in [0.15, 0.2) is 0 Å². The van der Waals surface area contributed by atoms with Crippen molar-refractivity contribution in [2.24, 2.45) is 5.73 Å². The summed E-state index contributed by atoms with van der Waals surface area (Å²) in [5.74, 6) is 0.679. The van der Waals surface area contributed by atoms with Crippen LogP contribution in [0.2, 0.25) is 0 Å². The van der Waals surface area contributed by atoms with E-state index < -0.39 is 0 Å². The van der Waals surface area contributed by atoms with Gasteiger partial charge in [-0.1, -0.05) is 6.92 Å². The fourth-order valence-electron chi connectivity index (χ4n) is 5.06. The van der Waals surface area contributed by atoms with E-state index in [1.165, 1.54) is 0 Å². The highest BCUT2D eigenvalue weighted by molar-refractivity contribution is 6.07. The van der Waals surface area contributed by atoms with Gasteiger partial charge < -0.3 is 26.3 Å². The number of H-pyrrole nitrogens is 1. The Kier molecular flexibility index (Phi) is 6.62. The van der Waals surface area contributed by atoms with Gasteiger partial charge in [0.05, 0.1) is 11.3 Å². The summed E-state index contributed by atoms with van der Waals surface area (Å²) in [6, 6.07) is 4.65. The Bertz CT molecular complexity index is 1110. The highest BCUT2D eigenvalue weighted by Crippen LogP contribution is 2.31. The third kappa shape index (κ3) is 4.84. The van der Waals surface area contributed by atoms with Crippen LogP contribution in [0.4, 0.5) is 11.6 Å². The van der Waals surface area contributed by atoms with Crippen molar-refractivity contribution in [2.45, 2.75) is 70.0 Å². The normalized spacial score (nSPS) is 21.5. The van der Waals surface area contributed by atoms with Crippen molar-refractivity contribution >= 4 is 28.6 Å². The molecule has 1 aliphatic carbocycles. The van der Waals surface area contributed by atoms with Crippen molar-refractivity contribution in [1.29, 1.82) is 0 Å². The van der Waals surface area contributed by atoms with Crippen molar-refractivity contribution < 1.29 is 4.79 Å². The van der Waals surface area contributed by atoms with Crippen molar-refractivity contribution in [1.82, 2.24) is 25.3 Å². The molecule has 2 aliphatic rings. The quantitative estimate of drug-likeness (QED) is 0.444. The number of nitrogens with two attached hydrogens (primary N) is 1. The van der Waals surface area contributed by atoms with Crippen molar-refractivity contribution in [3.05, 3.63) is 42.0 Å². The molecule has 1 amide bonds. The van der Waals surface area contributed by atoms with Gasteiger partial charge >= 0.3 is 0 Å². The van der Waals surface area contributed by atoms with Gasteiger partial charge in [-0.2, -0.15) is 0 Å². The average Bonchev–Trinajstić information content (AvgIpc) is 3.30. The summed E-state index contributed by atoms with van der Waals surface area (Å²) in [6.45, 7) is 3.75. The van der Waals surface area contributed by atoms with Crippen LogP contribution in [0.1, 0.15) is 61.5 Å². The van der Waals surface area contributed by atoms with E-state index in [4.69, 9.17) is 5.73 Å². The zero-order valence-electron chi connectivity index (χ0n) is 19.8. The second-order valence-corrected chi connectivity index (χ2v) is 9.50. The molecule has 0 radical (unpaired) electrons. The van der Waals surface area contributed by atoms with Gasteiger partial charge in [-0.25, -0.2) is 15.0 Å². The third-order valence-electron chi connectivity index (χ3n) is 7.13. The third-order valence-corrected chi connectivity index (χ3v) is 7.13. The standard InChI is InChI=1S/C25H34N8O/c1-2-17-14-20-22(30-18-6-4-16(26)5-7-18)21(15-29-23(20)31-17)24(34)32-19-8-12-33(13-9-19)25-27-10-3-11-28-25/h3,10-11,14-16,18-19H,2,4-9,12-13,26H2,1H3,(H,32,34)(H2,29,30,31). The zero-order chi connectivity index (χ0) is 23.5. The highest BCUT2D eigenvalue weighted by Gasteiger charge is 2.26. The molecule has 5 N–H and O–H groups in total. The van der Waals surface area contributed by atoms with Crippen LogP contribution in [0.5, 0.6) is 0 Å². The zero-order valence-corrected chi connectivity index (χ0v) is 19.8. The lowest BCUT2D eigenvalue weighted by Crippen LogP contribution is -2.45. The monoisotopic (exact) mass is 462 g/mol. The fraction of sp³-hybridized carbons (Fsp3) is 0.520. The molecule has 0 aromatic carbocycles. The van der Waals surface area contributed by atoms with Crippen LogP contribution in [0.25, 0.3) is 11.0 Å². The Morgan fingerprint density at radius 1 is 1.09 bits per heavy atom. The Morgan fingerprint density at radius 2 is 1.82 bits per heavy atom. The molecule has 9 nitrogen and oxygen atoms in total. The van der Waals surface area contributed by atoms with Gasteiger partial charge in [0.1, 0.15) is 5.65 Å². The Balaban J connectivity index is 1.32. The molecule has 9 heteroatoms. The maximum absolute atomic E-state index is 13.4. The van der Waals surface area contributed by atoms with Gasteiger partial charge in [0.2, 0.25) is 5.95 Å². The molecule has 0 spiro atoms. The van der Waals surface area contributed by atoms with Crippen molar-refractivity contribution in [3.63, 3.8) is 0 Å². The molecule has 4 heterocycles. The van der Waals surface area contributed by atoms with E-state index in [-0.39, 0.29) is 18.0 Å². The molecule has 1 aliphatic heterocycles. The lowest BCUT2D eigenvalue weighted by atomic mass is 9.91. The molecule has 0 bridgehead atoms. The van der Waals surface area contributed by atoms with E-state index in [2.05, 4.69) is 48.5 Å².